The summed E-state index contributed by atoms with van der Waals surface area (Å²) in [4.78, 5) is 16.9. The predicted octanol–water partition coefficient (Wildman–Crippen LogP) is 4.48. The molecule has 4 rings (SSSR count). The number of hydrogen-bond acceptors (Lipinski definition) is 5. The molecule has 1 aromatic heterocycles. The van der Waals surface area contributed by atoms with Gasteiger partial charge >= 0.3 is 0 Å². The molecule has 4 aromatic rings. The smallest absolute Gasteiger partial charge is 0.269 e. The lowest BCUT2D eigenvalue weighted by molar-refractivity contribution is 0.0955. The number of carbonyl (C=O) groups is 1. The van der Waals surface area contributed by atoms with E-state index in [0.717, 1.165) is 15.2 Å². The monoisotopic (exact) mass is 478 g/mol. The number of nitrogens with zero attached hydrogens (tertiary/aromatic N) is 3. The van der Waals surface area contributed by atoms with Gasteiger partial charge < -0.3 is 0 Å². The highest BCUT2D eigenvalue weighted by Crippen LogP contribution is 2.22. The summed E-state index contributed by atoms with van der Waals surface area (Å²) in [6.07, 6.45) is 1.42. The van der Waals surface area contributed by atoms with Crippen molar-refractivity contribution in [3.05, 3.63) is 101 Å². The van der Waals surface area contributed by atoms with Gasteiger partial charge in [-0.25, -0.2) is 18.8 Å². The highest BCUT2D eigenvalue weighted by Gasteiger charge is 2.21. The molecule has 7 nitrogen and oxygen atoms in total. The van der Waals surface area contributed by atoms with Gasteiger partial charge in [0.1, 0.15) is 5.15 Å². The van der Waals surface area contributed by atoms with Gasteiger partial charge in [-0.1, -0.05) is 48.0 Å². The lowest BCUT2D eigenvalue weighted by atomic mass is 10.2. The normalized spacial score (nSPS) is 11.6. The summed E-state index contributed by atoms with van der Waals surface area (Å²) in [5, 5.41) is 5.15. The maximum Gasteiger partial charge on any atom is 0.271 e. The summed E-state index contributed by atoms with van der Waals surface area (Å²) < 4.78 is 26.7. The average molecular weight is 479 g/mol. The fraction of sp³-hybridized carbons (Fsp3) is 0.0417. The van der Waals surface area contributed by atoms with Crippen LogP contribution in [0.3, 0.4) is 0 Å². The highest BCUT2D eigenvalue weighted by molar-refractivity contribution is 7.92. The summed E-state index contributed by atoms with van der Waals surface area (Å²) in [5.74, 6) is -0.448. The van der Waals surface area contributed by atoms with Crippen LogP contribution < -0.4 is 9.73 Å². The van der Waals surface area contributed by atoms with E-state index in [0.29, 0.717) is 16.8 Å². The standard InChI is InChI=1S/C24H19ClN4O3S/c1-29(33(31,32)21-8-3-2-4-9-21)20-13-11-17(12-14-20)24(30)28-26-16-19-15-18-7-5-6-10-22(18)27-23(19)25/h2-16H,1H3,(H,28,30)/b26-16-. The van der Waals surface area contributed by atoms with Gasteiger partial charge in [0.05, 0.1) is 22.3 Å². The number of benzene rings is 3. The number of hydrazone groups is 1. The first-order valence-corrected chi connectivity index (χ1v) is 11.7. The first-order chi connectivity index (χ1) is 15.9. The highest BCUT2D eigenvalue weighted by atomic mass is 35.5. The molecule has 0 aliphatic heterocycles. The van der Waals surface area contributed by atoms with Gasteiger partial charge in [-0.2, -0.15) is 5.10 Å². The number of anilines is 1. The van der Waals surface area contributed by atoms with Crippen molar-refractivity contribution in [3.8, 4) is 0 Å². The molecule has 0 bridgehead atoms. The first-order valence-electron chi connectivity index (χ1n) is 9.89. The van der Waals surface area contributed by atoms with Gasteiger partial charge in [-0.05, 0) is 48.5 Å². The molecule has 0 radical (unpaired) electrons. The third-order valence-electron chi connectivity index (χ3n) is 4.97. The molecule has 0 fully saturated rings. The van der Waals surface area contributed by atoms with Crippen molar-refractivity contribution in [1.82, 2.24) is 10.4 Å². The summed E-state index contributed by atoms with van der Waals surface area (Å²) in [5.41, 5.74) is 4.52. The van der Waals surface area contributed by atoms with Gasteiger partial charge in [0.15, 0.2) is 0 Å². The zero-order valence-electron chi connectivity index (χ0n) is 17.5. The molecule has 3 aromatic carbocycles. The molecule has 0 unspecified atom stereocenters. The van der Waals surface area contributed by atoms with Crippen molar-refractivity contribution >= 4 is 50.3 Å². The molecular formula is C24H19ClN4O3S. The van der Waals surface area contributed by atoms with Crippen molar-refractivity contribution < 1.29 is 13.2 Å². The molecule has 166 valence electrons. The first kappa shape index (κ1) is 22.4. The average Bonchev–Trinajstić information content (AvgIpc) is 2.84. The number of para-hydroxylation sites is 1. The number of aromatic nitrogens is 1. The van der Waals surface area contributed by atoms with Crippen molar-refractivity contribution in [2.45, 2.75) is 4.90 Å². The number of fused-ring (bicyclic) bond motifs is 1. The second-order valence-electron chi connectivity index (χ2n) is 7.09. The van der Waals surface area contributed by atoms with E-state index in [4.69, 9.17) is 11.6 Å². The van der Waals surface area contributed by atoms with Crippen LogP contribution in [0.1, 0.15) is 15.9 Å². The Labute approximate surface area is 196 Å². The van der Waals surface area contributed by atoms with Crippen LogP contribution >= 0.6 is 11.6 Å². The van der Waals surface area contributed by atoms with Gasteiger partial charge in [0, 0.05) is 23.6 Å². The van der Waals surface area contributed by atoms with Crippen LogP contribution in [0.15, 0.2) is 94.9 Å². The number of pyridine rings is 1. The van der Waals surface area contributed by atoms with Gasteiger partial charge in [-0.3, -0.25) is 9.10 Å². The topological polar surface area (TPSA) is 91.7 Å². The maximum absolute atomic E-state index is 12.7. The molecule has 0 saturated heterocycles. The van der Waals surface area contributed by atoms with Crippen LogP contribution in [0.5, 0.6) is 0 Å². The zero-order valence-corrected chi connectivity index (χ0v) is 19.1. The summed E-state index contributed by atoms with van der Waals surface area (Å²) in [6.45, 7) is 0. The number of hydrogen-bond donors (Lipinski definition) is 1. The van der Waals surface area contributed by atoms with Crippen LogP contribution in [-0.4, -0.2) is 32.6 Å². The Balaban J connectivity index is 1.45. The number of halogens is 1. The number of sulfonamides is 1. The minimum Gasteiger partial charge on any atom is -0.269 e. The molecule has 1 amide bonds. The van der Waals surface area contributed by atoms with E-state index in [1.54, 1.807) is 30.3 Å². The lowest BCUT2D eigenvalue weighted by Gasteiger charge is -2.19. The quantitative estimate of drug-likeness (QED) is 0.251. The number of rotatable bonds is 6. The van der Waals surface area contributed by atoms with E-state index in [-0.39, 0.29) is 10.0 Å². The molecule has 1 N–H and O–H groups in total. The predicted molar refractivity (Wildman–Crippen MR) is 130 cm³/mol. The number of carbonyl (C=O) groups excluding carboxylic acids is 1. The lowest BCUT2D eigenvalue weighted by Crippen LogP contribution is -2.26. The largest absolute Gasteiger partial charge is 0.271 e. The molecule has 33 heavy (non-hydrogen) atoms. The van der Waals surface area contributed by atoms with E-state index < -0.39 is 15.9 Å². The van der Waals surface area contributed by atoms with Crippen molar-refractivity contribution in [2.24, 2.45) is 5.10 Å². The number of nitrogens with one attached hydrogen (secondary N) is 1. The second kappa shape index (κ2) is 9.40. The Morgan fingerprint density at radius 2 is 1.67 bits per heavy atom. The van der Waals surface area contributed by atoms with Crippen LogP contribution in [0, 0.1) is 0 Å². The van der Waals surface area contributed by atoms with Crippen molar-refractivity contribution in [2.75, 3.05) is 11.4 Å². The maximum atomic E-state index is 12.7. The third kappa shape index (κ3) is 4.87. The van der Waals surface area contributed by atoms with E-state index in [9.17, 15) is 13.2 Å². The molecule has 9 heteroatoms. The van der Waals surface area contributed by atoms with Crippen LogP contribution in [-0.2, 0) is 10.0 Å². The number of amides is 1. The Morgan fingerprint density at radius 1 is 1.00 bits per heavy atom. The van der Waals surface area contributed by atoms with Crippen LogP contribution in [0.25, 0.3) is 10.9 Å². The van der Waals surface area contributed by atoms with Gasteiger partial charge in [0.2, 0.25) is 0 Å². The minimum absolute atomic E-state index is 0.186. The fourth-order valence-corrected chi connectivity index (χ4v) is 4.55. The van der Waals surface area contributed by atoms with Gasteiger partial charge in [0.25, 0.3) is 15.9 Å². The minimum atomic E-state index is -3.70. The summed E-state index contributed by atoms with van der Waals surface area (Å²) >= 11 is 6.19. The van der Waals surface area contributed by atoms with Crippen molar-refractivity contribution in [1.29, 1.82) is 0 Å². The molecular weight excluding hydrogens is 460 g/mol. The van der Waals surface area contributed by atoms with Crippen molar-refractivity contribution in [3.63, 3.8) is 0 Å². The Kier molecular flexibility index (Phi) is 6.39. The molecule has 0 saturated carbocycles. The third-order valence-corrected chi connectivity index (χ3v) is 7.07. The Hall–Kier alpha value is -3.75. The Morgan fingerprint density at radius 3 is 2.39 bits per heavy atom. The van der Waals surface area contributed by atoms with Gasteiger partial charge in [-0.15, -0.1) is 0 Å². The van der Waals surface area contributed by atoms with Crippen LogP contribution in [0.4, 0.5) is 5.69 Å². The SMILES string of the molecule is CN(c1ccc(C(=O)N/N=C\c2cc3ccccc3nc2Cl)cc1)S(=O)(=O)c1ccccc1. The van der Waals surface area contributed by atoms with Crippen LogP contribution in [0.2, 0.25) is 5.15 Å². The fourth-order valence-electron chi connectivity index (χ4n) is 3.14. The van der Waals surface area contributed by atoms with E-state index in [1.165, 1.54) is 37.5 Å². The van der Waals surface area contributed by atoms with E-state index in [1.807, 2.05) is 30.3 Å². The van der Waals surface area contributed by atoms with E-state index >= 15 is 0 Å². The molecule has 1 heterocycles. The summed E-state index contributed by atoms with van der Waals surface area (Å²) in [7, 11) is -2.24. The molecule has 0 aliphatic rings. The molecule has 0 spiro atoms. The second-order valence-corrected chi connectivity index (χ2v) is 9.42. The zero-order chi connectivity index (χ0) is 23.4. The van der Waals surface area contributed by atoms with E-state index in [2.05, 4.69) is 15.5 Å². The summed E-state index contributed by atoms with van der Waals surface area (Å²) in [6, 6.07) is 23.7. The molecule has 0 atom stereocenters. The molecule has 0 aliphatic carbocycles. The Bertz CT molecular complexity index is 1440.